The van der Waals surface area contributed by atoms with Gasteiger partial charge in [-0.3, -0.25) is 4.79 Å². The number of hydrogen-bond acceptors (Lipinski definition) is 7. The smallest absolute Gasteiger partial charge is 0.345 e. The number of fused-ring (bicyclic) bond motifs is 1. The molecule has 178 valence electrons. The largest absolute Gasteiger partial charge is 0.493 e. The van der Waals surface area contributed by atoms with Crippen LogP contribution in [0, 0.1) is 0 Å². The number of H-pyrrole nitrogens is 1. The number of para-hydroxylation sites is 2. The number of ether oxygens (including phenoxy) is 2. The summed E-state index contributed by atoms with van der Waals surface area (Å²) in [6.45, 7) is 0. The third-order valence-corrected chi connectivity index (χ3v) is 6.07. The van der Waals surface area contributed by atoms with E-state index in [1.165, 1.54) is 37.2 Å². The number of halogens is 2. The molecule has 35 heavy (non-hydrogen) atoms. The van der Waals surface area contributed by atoms with E-state index >= 15 is 0 Å². The number of methoxy groups -OCH3 is 1. The first-order valence-corrected chi connectivity index (χ1v) is 11.9. The van der Waals surface area contributed by atoms with Gasteiger partial charge in [0, 0.05) is 5.02 Å². The summed E-state index contributed by atoms with van der Waals surface area (Å²) >= 11 is 13.2. The molecule has 0 saturated carbocycles. The molecule has 1 heterocycles. The molecule has 2 N–H and O–H groups in total. The number of aromatic nitrogens is 2. The van der Waals surface area contributed by atoms with Gasteiger partial charge in [0.15, 0.2) is 16.7 Å². The average molecular weight is 529 g/mol. The van der Waals surface area contributed by atoms with Gasteiger partial charge in [0.05, 0.1) is 40.7 Å². The Morgan fingerprint density at radius 3 is 2.71 bits per heavy atom. The number of carbonyl (C=O) groups excluding carboxylic acids is 2. The predicted octanol–water partition coefficient (Wildman–Crippen LogP) is 5.34. The monoisotopic (exact) mass is 528 g/mol. The maximum Gasteiger partial charge on any atom is 0.345 e. The van der Waals surface area contributed by atoms with Crippen molar-refractivity contribution < 1.29 is 19.1 Å². The molecule has 0 saturated heterocycles. The Balaban J connectivity index is 1.33. The SMILES string of the molecule is COc1cc(/C=N/NC(=O)CSc2nc3ccccc3[nH]2)ccc1OC(=O)c1ccc(Cl)cc1Cl. The summed E-state index contributed by atoms with van der Waals surface area (Å²) in [4.78, 5) is 32.2. The molecular weight excluding hydrogens is 511 g/mol. The lowest BCUT2D eigenvalue weighted by Gasteiger charge is -2.10. The van der Waals surface area contributed by atoms with Crippen molar-refractivity contribution in [2.45, 2.75) is 5.16 Å². The third kappa shape index (κ3) is 6.33. The number of esters is 1. The fourth-order valence-electron chi connectivity index (χ4n) is 3.00. The molecule has 0 aliphatic rings. The molecule has 0 fully saturated rings. The van der Waals surface area contributed by atoms with Gasteiger partial charge in [0.25, 0.3) is 5.91 Å². The van der Waals surface area contributed by atoms with E-state index in [1.807, 2.05) is 24.3 Å². The lowest BCUT2D eigenvalue weighted by atomic mass is 10.2. The van der Waals surface area contributed by atoms with E-state index in [9.17, 15) is 9.59 Å². The van der Waals surface area contributed by atoms with Crippen molar-refractivity contribution in [2.75, 3.05) is 12.9 Å². The van der Waals surface area contributed by atoms with Gasteiger partial charge in [0.2, 0.25) is 0 Å². The second-order valence-electron chi connectivity index (χ2n) is 7.06. The zero-order valence-corrected chi connectivity index (χ0v) is 20.6. The third-order valence-electron chi connectivity index (χ3n) is 4.65. The zero-order chi connectivity index (χ0) is 24.8. The van der Waals surface area contributed by atoms with E-state index < -0.39 is 5.97 Å². The van der Waals surface area contributed by atoms with Crippen LogP contribution >= 0.6 is 35.0 Å². The Morgan fingerprint density at radius 1 is 1.11 bits per heavy atom. The summed E-state index contributed by atoms with van der Waals surface area (Å²) in [6.07, 6.45) is 1.45. The number of rotatable bonds is 8. The molecule has 0 bridgehead atoms. The highest BCUT2D eigenvalue weighted by Crippen LogP contribution is 2.30. The molecule has 4 rings (SSSR count). The summed E-state index contributed by atoms with van der Waals surface area (Å²) in [5.41, 5.74) is 5.01. The lowest BCUT2D eigenvalue weighted by Crippen LogP contribution is -2.19. The molecule has 0 radical (unpaired) electrons. The molecule has 1 aromatic heterocycles. The Hall–Kier alpha value is -3.53. The standard InChI is InChI=1S/C24H18Cl2N4O4S/c1-33-21-10-14(6-9-20(21)34-23(32)16-8-7-15(25)11-17(16)26)12-27-30-22(31)13-35-24-28-18-4-2-3-5-19(18)29-24/h2-12H,13H2,1H3,(H,28,29)(H,30,31)/b27-12+. The van der Waals surface area contributed by atoms with E-state index in [0.717, 1.165) is 11.0 Å². The molecule has 8 nitrogen and oxygen atoms in total. The molecule has 0 aliphatic carbocycles. The quantitative estimate of drug-likeness (QED) is 0.105. The number of hydrogen-bond donors (Lipinski definition) is 2. The minimum absolute atomic E-state index is 0.141. The van der Waals surface area contributed by atoms with Gasteiger partial charge >= 0.3 is 5.97 Å². The van der Waals surface area contributed by atoms with E-state index in [0.29, 0.717) is 21.5 Å². The highest BCUT2D eigenvalue weighted by atomic mass is 35.5. The fraction of sp³-hybridized carbons (Fsp3) is 0.0833. The van der Waals surface area contributed by atoms with Crippen LogP contribution in [0.1, 0.15) is 15.9 Å². The Kier molecular flexibility index (Phi) is 7.91. The normalized spacial score (nSPS) is 11.1. The first-order chi connectivity index (χ1) is 16.9. The fourth-order valence-corrected chi connectivity index (χ4v) is 4.16. The number of imidazole rings is 1. The molecule has 11 heteroatoms. The number of nitrogens with zero attached hydrogens (tertiary/aromatic N) is 2. The van der Waals surface area contributed by atoms with E-state index in [1.54, 1.807) is 24.3 Å². The van der Waals surface area contributed by atoms with Crippen molar-refractivity contribution >= 4 is 64.1 Å². The van der Waals surface area contributed by atoms with Crippen LogP contribution in [-0.2, 0) is 4.79 Å². The van der Waals surface area contributed by atoms with Gasteiger partial charge in [-0.05, 0) is 54.1 Å². The molecule has 0 spiro atoms. The van der Waals surface area contributed by atoms with Crippen LogP contribution < -0.4 is 14.9 Å². The second-order valence-corrected chi connectivity index (χ2v) is 8.87. The van der Waals surface area contributed by atoms with Crippen molar-refractivity contribution in [2.24, 2.45) is 5.10 Å². The highest BCUT2D eigenvalue weighted by molar-refractivity contribution is 7.99. The summed E-state index contributed by atoms with van der Waals surface area (Å²) < 4.78 is 10.7. The summed E-state index contributed by atoms with van der Waals surface area (Å²) in [5, 5.41) is 5.21. The predicted molar refractivity (Wildman–Crippen MR) is 137 cm³/mol. The van der Waals surface area contributed by atoms with Crippen molar-refractivity contribution in [1.82, 2.24) is 15.4 Å². The highest BCUT2D eigenvalue weighted by Gasteiger charge is 2.16. The van der Waals surface area contributed by atoms with Crippen LogP contribution in [0.5, 0.6) is 11.5 Å². The van der Waals surface area contributed by atoms with Crippen LogP contribution in [0.25, 0.3) is 11.0 Å². The molecule has 0 atom stereocenters. The molecular formula is C24H18Cl2N4O4S. The van der Waals surface area contributed by atoms with Gasteiger partial charge in [-0.1, -0.05) is 47.1 Å². The number of benzene rings is 3. The number of nitrogens with one attached hydrogen (secondary N) is 2. The first-order valence-electron chi connectivity index (χ1n) is 10.2. The van der Waals surface area contributed by atoms with Gasteiger partial charge in [-0.2, -0.15) is 5.10 Å². The number of amides is 1. The van der Waals surface area contributed by atoms with Crippen LogP contribution in [0.15, 0.2) is 70.9 Å². The number of aromatic amines is 1. The number of thioether (sulfide) groups is 1. The van der Waals surface area contributed by atoms with Crippen LogP contribution in [0.4, 0.5) is 0 Å². The molecule has 1 amide bonds. The molecule has 0 aliphatic heterocycles. The molecule has 3 aromatic carbocycles. The van der Waals surface area contributed by atoms with Gasteiger partial charge in [-0.15, -0.1) is 0 Å². The van der Waals surface area contributed by atoms with Crippen molar-refractivity contribution in [3.05, 3.63) is 81.8 Å². The summed E-state index contributed by atoms with van der Waals surface area (Å²) in [6, 6.07) is 17.0. The summed E-state index contributed by atoms with van der Waals surface area (Å²) in [5.74, 6) is -0.293. The second kappa shape index (κ2) is 11.3. The number of hydrazone groups is 1. The Labute approximate surface area is 214 Å². The van der Waals surface area contributed by atoms with Crippen molar-refractivity contribution in [3.8, 4) is 11.5 Å². The Bertz CT molecular complexity index is 1390. The molecule has 0 unspecified atom stereocenters. The maximum atomic E-state index is 12.5. The van der Waals surface area contributed by atoms with Gasteiger partial charge in [-0.25, -0.2) is 15.2 Å². The van der Waals surface area contributed by atoms with Gasteiger partial charge in [0.1, 0.15) is 0 Å². The Morgan fingerprint density at radius 2 is 1.94 bits per heavy atom. The van der Waals surface area contributed by atoms with Crippen molar-refractivity contribution in [1.29, 1.82) is 0 Å². The van der Waals surface area contributed by atoms with E-state index in [2.05, 4.69) is 20.5 Å². The lowest BCUT2D eigenvalue weighted by molar-refractivity contribution is -0.118. The topological polar surface area (TPSA) is 106 Å². The van der Waals surface area contributed by atoms with Crippen LogP contribution in [0.2, 0.25) is 10.0 Å². The van der Waals surface area contributed by atoms with Gasteiger partial charge < -0.3 is 14.5 Å². The van der Waals surface area contributed by atoms with Crippen molar-refractivity contribution in [3.63, 3.8) is 0 Å². The minimum atomic E-state index is -0.652. The first kappa shape index (κ1) is 24.6. The van der Waals surface area contributed by atoms with E-state index in [-0.39, 0.29) is 28.0 Å². The number of carbonyl (C=O) groups is 2. The summed E-state index contributed by atoms with van der Waals surface area (Å²) in [7, 11) is 1.44. The minimum Gasteiger partial charge on any atom is -0.493 e. The zero-order valence-electron chi connectivity index (χ0n) is 18.2. The van der Waals surface area contributed by atoms with E-state index in [4.69, 9.17) is 32.7 Å². The van der Waals surface area contributed by atoms with Crippen LogP contribution in [0.3, 0.4) is 0 Å². The van der Waals surface area contributed by atoms with Crippen LogP contribution in [-0.4, -0.2) is 40.9 Å². The molecule has 4 aromatic rings. The maximum absolute atomic E-state index is 12.5. The average Bonchev–Trinajstić information content (AvgIpc) is 3.26.